The van der Waals surface area contributed by atoms with Gasteiger partial charge in [0.2, 0.25) is 10.0 Å². The molecule has 0 saturated heterocycles. The molecule has 0 spiro atoms. The standard InChI is InChI=1S/C17H26N2O5S/c1-5-19(6-2)25(23,24)14-9-7-8-13(11-14)16(20)18-15(17(21)22)10-12(3)4/h7-9,11-12,15H,5-6,10H2,1-4H3,(H,18,20)(H,21,22). The second-order valence-electron chi connectivity index (χ2n) is 6.11. The summed E-state index contributed by atoms with van der Waals surface area (Å²) in [6.45, 7) is 7.84. The minimum atomic E-state index is -3.68. The van der Waals surface area contributed by atoms with Gasteiger partial charge in [-0.25, -0.2) is 13.2 Å². The molecule has 7 nitrogen and oxygen atoms in total. The van der Waals surface area contributed by atoms with Crippen LogP contribution in [0.15, 0.2) is 29.2 Å². The van der Waals surface area contributed by atoms with Crippen molar-refractivity contribution in [1.29, 1.82) is 0 Å². The summed E-state index contributed by atoms with van der Waals surface area (Å²) in [7, 11) is -3.68. The molecule has 0 bridgehead atoms. The molecule has 2 N–H and O–H groups in total. The molecule has 1 rings (SSSR count). The maximum absolute atomic E-state index is 12.5. The smallest absolute Gasteiger partial charge is 0.326 e. The van der Waals surface area contributed by atoms with Crippen LogP contribution in [0.4, 0.5) is 0 Å². The topological polar surface area (TPSA) is 104 Å². The number of carboxylic acid groups (broad SMARTS) is 1. The van der Waals surface area contributed by atoms with Gasteiger partial charge in [-0.1, -0.05) is 33.8 Å². The van der Waals surface area contributed by atoms with Crippen LogP contribution in [0, 0.1) is 5.92 Å². The molecule has 1 unspecified atom stereocenters. The number of carbonyl (C=O) groups is 2. The second kappa shape index (κ2) is 8.96. The van der Waals surface area contributed by atoms with Crippen LogP contribution in [0.3, 0.4) is 0 Å². The minimum absolute atomic E-state index is 0.0135. The maximum atomic E-state index is 12.5. The van der Waals surface area contributed by atoms with Gasteiger partial charge in [-0.2, -0.15) is 4.31 Å². The van der Waals surface area contributed by atoms with Gasteiger partial charge in [-0.05, 0) is 30.5 Å². The Hall–Kier alpha value is -1.93. The van der Waals surface area contributed by atoms with Crippen LogP contribution in [0.5, 0.6) is 0 Å². The van der Waals surface area contributed by atoms with E-state index in [0.717, 1.165) is 0 Å². The average molecular weight is 370 g/mol. The number of carboxylic acids is 1. The molecular formula is C17H26N2O5S. The second-order valence-corrected chi connectivity index (χ2v) is 8.05. The Kier molecular flexibility index (Phi) is 7.57. The largest absolute Gasteiger partial charge is 0.480 e. The zero-order valence-corrected chi connectivity index (χ0v) is 15.8. The predicted molar refractivity (Wildman–Crippen MR) is 94.9 cm³/mol. The number of carbonyl (C=O) groups excluding carboxylic acids is 1. The monoisotopic (exact) mass is 370 g/mol. The summed E-state index contributed by atoms with van der Waals surface area (Å²) >= 11 is 0. The van der Waals surface area contributed by atoms with Gasteiger partial charge in [-0.15, -0.1) is 0 Å². The summed E-state index contributed by atoms with van der Waals surface area (Å²) in [6, 6.07) is 4.62. The lowest BCUT2D eigenvalue weighted by molar-refractivity contribution is -0.139. The lowest BCUT2D eigenvalue weighted by atomic mass is 10.0. The molecule has 0 fully saturated rings. The molecule has 1 aromatic carbocycles. The quantitative estimate of drug-likeness (QED) is 0.691. The van der Waals surface area contributed by atoms with Crippen molar-refractivity contribution in [2.45, 2.75) is 45.1 Å². The van der Waals surface area contributed by atoms with Gasteiger partial charge in [0.05, 0.1) is 4.90 Å². The number of nitrogens with zero attached hydrogens (tertiary/aromatic N) is 1. The molecule has 1 amide bonds. The van der Waals surface area contributed by atoms with E-state index in [1.54, 1.807) is 13.8 Å². The maximum Gasteiger partial charge on any atom is 0.326 e. The molecule has 0 aliphatic rings. The lowest BCUT2D eigenvalue weighted by Crippen LogP contribution is -2.41. The minimum Gasteiger partial charge on any atom is -0.480 e. The van der Waals surface area contributed by atoms with Crippen molar-refractivity contribution < 1.29 is 23.1 Å². The summed E-state index contributed by atoms with van der Waals surface area (Å²) < 4.78 is 26.4. The van der Waals surface area contributed by atoms with E-state index in [0.29, 0.717) is 19.5 Å². The Balaban J connectivity index is 3.08. The first-order chi connectivity index (χ1) is 11.6. The van der Waals surface area contributed by atoms with Crippen molar-refractivity contribution in [2.75, 3.05) is 13.1 Å². The summed E-state index contributed by atoms with van der Waals surface area (Å²) in [6.07, 6.45) is 0.290. The Bertz CT molecular complexity index is 712. The van der Waals surface area contributed by atoms with E-state index in [1.807, 2.05) is 13.8 Å². The third-order valence-corrected chi connectivity index (χ3v) is 5.80. The summed E-state index contributed by atoms with van der Waals surface area (Å²) in [5, 5.41) is 11.7. The Morgan fingerprint density at radius 2 is 1.80 bits per heavy atom. The lowest BCUT2D eigenvalue weighted by Gasteiger charge is -2.19. The number of aliphatic carboxylic acids is 1. The molecule has 0 heterocycles. The molecule has 25 heavy (non-hydrogen) atoms. The molecule has 0 aliphatic heterocycles. The van der Waals surface area contributed by atoms with Crippen molar-refractivity contribution in [2.24, 2.45) is 5.92 Å². The van der Waals surface area contributed by atoms with Crippen LogP contribution in [-0.2, 0) is 14.8 Å². The SMILES string of the molecule is CCN(CC)S(=O)(=O)c1cccc(C(=O)NC(CC(C)C)C(=O)O)c1. The van der Waals surface area contributed by atoms with Crippen LogP contribution in [-0.4, -0.2) is 48.8 Å². The highest BCUT2D eigenvalue weighted by Crippen LogP contribution is 2.17. The highest BCUT2D eigenvalue weighted by Gasteiger charge is 2.25. The molecule has 1 atom stereocenters. The molecule has 0 aromatic heterocycles. The third-order valence-electron chi connectivity index (χ3n) is 3.75. The first-order valence-electron chi connectivity index (χ1n) is 8.27. The first-order valence-corrected chi connectivity index (χ1v) is 9.71. The molecule has 0 aliphatic carbocycles. The van der Waals surface area contributed by atoms with Crippen LogP contribution < -0.4 is 5.32 Å². The zero-order chi connectivity index (χ0) is 19.2. The van der Waals surface area contributed by atoms with E-state index >= 15 is 0 Å². The number of nitrogens with one attached hydrogen (secondary N) is 1. The molecule has 0 saturated carbocycles. The highest BCUT2D eigenvalue weighted by molar-refractivity contribution is 7.89. The number of benzene rings is 1. The van der Waals surface area contributed by atoms with Gasteiger partial charge < -0.3 is 10.4 Å². The van der Waals surface area contributed by atoms with E-state index in [4.69, 9.17) is 0 Å². The number of sulfonamides is 1. The zero-order valence-electron chi connectivity index (χ0n) is 15.0. The van der Waals surface area contributed by atoms with E-state index in [9.17, 15) is 23.1 Å². The number of amides is 1. The van der Waals surface area contributed by atoms with Gasteiger partial charge in [0.1, 0.15) is 6.04 Å². The van der Waals surface area contributed by atoms with Gasteiger partial charge in [0.15, 0.2) is 0 Å². The van der Waals surface area contributed by atoms with E-state index < -0.39 is 27.9 Å². The summed E-state index contributed by atoms with van der Waals surface area (Å²) in [4.78, 5) is 23.6. The molecule has 1 aromatic rings. The van der Waals surface area contributed by atoms with Gasteiger partial charge in [-0.3, -0.25) is 4.79 Å². The number of hydrogen-bond donors (Lipinski definition) is 2. The van der Waals surface area contributed by atoms with Gasteiger partial charge in [0.25, 0.3) is 5.91 Å². The van der Waals surface area contributed by atoms with Crippen LogP contribution >= 0.6 is 0 Å². The van der Waals surface area contributed by atoms with Crippen molar-refractivity contribution in [3.63, 3.8) is 0 Å². The predicted octanol–water partition coefficient (Wildman–Crippen LogP) is 1.95. The fourth-order valence-corrected chi connectivity index (χ4v) is 3.95. The molecule has 0 radical (unpaired) electrons. The Labute approximate surface area is 149 Å². The Morgan fingerprint density at radius 1 is 1.20 bits per heavy atom. The van der Waals surface area contributed by atoms with Crippen molar-refractivity contribution in [1.82, 2.24) is 9.62 Å². The highest BCUT2D eigenvalue weighted by atomic mass is 32.2. The molecular weight excluding hydrogens is 344 g/mol. The van der Waals surface area contributed by atoms with Gasteiger partial charge >= 0.3 is 5.97 Å². The fraction of sp³-hybridized carbons (Fsp3) is 0.529. The summed E-state index contributed by atoms with van der Waals surface area (Å²) in [5.41, 5.74) is 0.114. The summed E-state index contributed by atoms with van der Waals surface area (Å²) in [5.74, 6) is -1.63. The average Bonchev–Trinajstić information content (AvgIpc) is 2.54. The number of rotatable bonds is 9. The normalized spacial score (nSPS) is 13.0. The van der Waals surface area contributed by atoms with E-state index in [-0.39, 0.29) is 16.4 Å². The molecule has 8 heteroatoms. The van der Waals surface area contributed by atoms with Crippen LogP contribution in [0.2, 0.25) is 0 Å². The number of hydrogen-bond acceptors (Lipinski definition) is 4. The third kappa shape index (κ3) is 5.54. The van der Waals surface area contributed by atoms with E-state index in [2.05, 4.69) is 5.32 Å². The van der Waals surface area contributed by atoms with E-state index in [1.165, 1.54) is 28.6 Å². The first kappa shape index (κ1) is 21.1. The molecule has 140 valence electrons. The van der Waals surface area contributed by atoms with Crippen LogP contribution in [0.1, 0.15) is 44.5 Å². The fourth-order valence-electron chi connectivity index (χ4n) is 2.44. The van der Waals surface area contributed by atoms with Crippen LogP contribution in [0.25, 0.3) is 0 Å². The Morgan fingerprint density at radius 3 is 2.28 bits per heavy atom. The van der Waals surface area contributed by atoms with Crippen molar-refractivity contribution >= 4 is 21.9 Å². The van der Waals surface area contributed by atoms with Crippen molar-refractivity contribution in [3.8, 4) is 0 Å². The van der Waals surface area contributed by atoms with Crippen molar-refractivity contribution in [3.05, 3.63) is 29.8 Å². The van der Waals surface area contributed by atoms with Gasteiger partial charge in [0, 0.05) is 18.7 Å².